The van der Waals surface area contributed by atoms with Gasteiger partial charge in [-0.3, -0.25) is 9.59 Å². The van der Waals surface area contributed by atoms with Crippen molar-refractivity contribution in [3.05, 3.63) is 120 Å². The number of rotatable bonds is 7. The quantitative estimate of drug-likeness (QED) is 0.211. The molecule has 2 heterocycles. The van der Waals surface area contributed by atoms with Crippen molar-refractivity contribution < 1.29 is 32.6 Å². The first-order valence-corrected chi connectivity index (χ1v) is 14.7. The van der Waals surface area contributed by atoms with Crippen LogP contribution in [0, 0.1) is 0 Å². The third-order valence-corrected chi connectivity index (χ3v) is 7.93. The van der Waals surface area contributed by atoms with Gasteiger partial charge >= 0.3 is 6.18 Å². The Bertz CT molecular complexity index is 1900. The van der Waals surface area contributed by atoms with Gasteiger partial charge in [0.15, 0.2) is 0 Å². The Balaban J connectivity index is 1.13. The fraction of sp³-hybridized carbons (Fsp3) is 0.171. The molecule has 0 bridgehead atoms. The summed E-state index contributed by atoms with van der Waals surface area (Å²) in [7, 11) is 1.57. The van der Waals surface area contributed by atoms with Crippen molar-refractivity contribution in [3.8, 4) is 28.3 Å². The van der Waals surface area contributed by atoms with E-state index in [0.29, 0.717) is 54.3 Å². The standard InChI is InChI=1S/C35H30F3N5O4/c1-47-32-11-7-28(8-12-32)40-33(45)23-5-9-29(10-6-23)41-13-15-42(16-14-41)34(46)25-17-27(35(36,37)38)20-30(18-25)43-22-26(21-39-43)24-3-2-4-31(44)19-24/h2-12,17-22,44H,13-16H2,1H3,(H,40,45). The van der Waals surface area contributed by atoms with Crippen LogP contribution in [0.25, 0.3) is 16.8 Å². The maximum absolute atomic E-state index is 13.9. The number of hydrogen-bond donors (Lipinski definition) is 2. The van der Waals surface area contributed by atoms with Crippen LogP contribution in [0.1, 0.15) is 26.3 Å². The zero-order valence-electron chi connectivity index (χ0n) is 25.2. The van der Waals surface area contributed by atoms with Crippen LogP contribution in [0.4, 0.5) is 24.5 Å². The largest absolute Gasteiger partial charge is 0.508 e. The Morgan fingerprint density at radius 2 is 1.55 bits per heavy atom. The number of methoxy groups -OCH3 is 1. The number of hydrogen-bond acceptors (Lipinski definition) is 6. The number of aromatic nitrogens is 2. The number of nitrogens with one attached hydrogen (secondary N) is 1. The maximum atomic E-state index is 13.9. The molecule has 0 spiro atoms. The summed E-state index contributed by atoms with van der Waals surface area (Å²) in [5, 5.41) is 16.9. The second-order valence-electron chi connectivity index (χ2n) is 11.0. The number of aromatic hydroxyl groups is 1. The zero-order chi connectivity index (χ0) is 33.1. The van der Waals surface area contributed by atoms with E-state index in [1.54, 1.807) is 61.8 Å². The lowest BCUT2D eigenvalue weighted by atomic mass is 10.1. The summed E-state index contributed by atoms with van der Waals surface area (Å²) in [6.45, 7) is 1.52. The minimum Gasteiger partial charge on any atom is -0.508 e. The second kappa shape index (κ2) is 12.9. The highest BCUT2D eigenvalue weighted by Crippen LogP contribution is 2.33. The molecule has 9 nitrogen and oxygen atoms in total. The van der Waals surface area contributed by atoms with E-state index >= 15 is 0 Å². The third kappa shape index (κ3) is 7.06. The molecule has 1 fully saturated rings. The van der Waals surface area contributed by atoms with Gasteiger partial charge in [-0.2, -0.15) is 18.3 Å². The van der Waals surface area contributed by atoms with Gasteiger partial charge in [0.25, 0.3) is 11.8 Å². The van der Waals surface area contributed by atoms with Gasteiger partial charge in [0.2, 0.25) is 0 Å². The average molecular weight is 642 g/mol. The summed E-state index contributed by atoms with van der Waals surface area (Å²) in [6.07, 6.45) is -1.65. The molecule has 1 aliphatic heterocycles. The molecule has 2 amide bonds. The second-order valence-corrected chi connectivity index (χ2v) is 11.0. The molecule has 1 aromatic heterocycles. The smallest absolute Gasteiger partial charge is 0.416 e. The lowest BCUT2D eigenvalue weighted by Crippen LogP contribution is -2.48. The number of phenolic OH excluding ortho intramolecular Hbond substituents is 1. The van der Waals surface area contributed by atoms with E-state index in [9.17, 15) is 27.9 Å². The summed E-state index contributed by atoms with van der Waals surface area (Å²) in [5.74, 6) is -0.0394. The Morgan fingerprint density at radius 3 is 2.21 bits per heavy atom. The van der Waals surface area contributed by atoms with Crippen molar-refractivity contribution in [3.63, 3.8) is 0 Å². The Kier molecular flexibility index (Phi) is 8.57. The molecule has 240 valence electrons. The zero-order valence-corrected chi connectivity index (χ0v) is 25.2. The minimum atomic E-state index is -4.68. The van der Waals surface area contributed by atoms with E-state index in [4.69, 9.17) is 4.74 Å². The molecule has 47 heavy (non-hydrogen) atoms. The van der Waals surface area contributed by atoms with Gasteiger partial charge in [0.1, 0.15) is 11.5 Å². The number of carbonyl (C=O) groups is 2. The van der Waals surface area contributed by atoms with E-state index in [1.165, 1.54) is 34.0 Å². The monoisotopic (exact) mass is 641 g/mol. The fourth-order valence-electron chi connectivity index (χ4n) is 5.38. The van der Waals surface area contributed by atoms with Crippen molar-refractivity contribution >= 4 is 23.2 Å². The highest BCUT2D eigenvalue weighted by Gasteiger charge is 2.33. The van der Waals surface area contributed by atoms with Crippen LogP contribution in [0.2, 0.25) is 0 Å². The number of carbonyl (C=O) groups excluding carboxylic acids is 2. The highest BCUT2D eigenvalue weighted by molar-refractivity contribution is 6.04. The van der Waals surface area contributed by atoms with E-state index < -0.39 is 17.6 Å². The number of benzene rings is 4. The summed E-state index contributed by atoms with van der Waals surface area (Å²) >= 11 is 0. The molecule has 0 unspecified atom stereocenters. The van der Waals surface area contributed by atoms with Gasteiger partial charge in [-0.25, -0.2) is 4.68 Å². The van der Waals surface area contributed by atoms with Crippen LogP contribution in [-0.2, 0) is 6.18 Å². The molecule has 12 heteroatoms. The summed E-state index contributed by atoms with van der Waals surface area (Å²) in [4.78, 5) is 29.8. The van der Waals surface area contributed by atoms with Crippen molar-refractivity contribution in [2.24, 2.45) is 0 Å². The van der Waals surface area contributed by atoms with E-state index in [0.717, 1.165) is 17.8 Å². The van der Waals surface area contributed by atoms with Crippen molar-refractivity contribution in [2.75, 3.05) is 43.5 Å². The lowest BCUT2D eigenvalue weighted by molar-refractivity contribution is -0.137. The maximum Gasteiger partial charge on any atom is 0.416 e. The molecule has 5 aromatic rings. The number of nitrogens with zero attached hydrogens (tertiary/aromatic N) is 4. The molecule has 0 aliphatic carbocycles. The molecule has 0 saturated carbocycles. The molecule has 4 aromatic carbocycles. The number of phenols is 1. The van der Waals surface area contributed by atoms with E-state index in [1.807, 2.05) is 12.1 Å². The van der Waals surface area contributed by atoms with Gasteiger partial charge in [0.05, 0.1) is 24.6 Å². The number of alkyl halides is 3. The van der Waals surface area contributed by atoms with Gasteiger partial charge in [-0.15, -0.1) is 0 Å². The SMILES string of the molecule is COc1ccc(NC(=O)c2ccc(N3CCN(C(=O)c4cc(-n5cc(-c6cccc(O)c6)cn5)cc(C(F)(F)F)c4)CC3)cc2)cc1. The fourth-order valence-corrected chi connectivity index (χ4v) is 5.38. The van der Waals surface area contributed by atoms with Gasteiger partial charge in [0, 0.05) is 60.4 Å². The Morgan fingerprint density at radius 1 is 0.830 bits per heavy atom. The van der Waals surface area contributed by atoms with Crippen molar-refractivity contribution in [1.29, 1.82) is 0 Å². The first kappa shape index (κ1) is 31.2. The van der Waals surface area contributed by atoms with Crippen LogP contribution >= 0.6 is 0 Å². The highest BCUT2D eigenvalue weighted by atomic mass is 19.4. The Hall–Kier alpha value is -5.78. The van der Waals surface area contributed by atoms with Crippen LogP contribution in [0.3, 0.4) is 0 Å². The van der Waals surface area contributed by atoms with Crippen LogP contribution in [-0.4, -0.2) is 64.9 Å². The topological polar surface area (TPSA) is 99.9 Å². The normalized spacial score (nSPS) is 13.4. The van der Waals surface area contributed by atoms with Gasteiger partial charge < -0.3 is 25.0 Å². The van der Waals surface area contributed by atoms with Crippen molar-refractivity contribution in [2.45, 2.75) is 6.18 Å². The summed E-state index contributed by atoms with van der Waals surface area (Å²) in [5.41, 5.74) is 2.25. The number of amides is 2. The first-order chi connectivity index (χ1) is 22.6. The third-order valence-electron chi connectivity index (χ3n) is 7.93. The molecule has 0 radical (unpaired) electrons. The van der Waals surface area contributed by atoms with Gasteiger partial charge in [-0.05, 0) is 84.4 Å². The first-order valence-electron chi connectivity index (χ1n) is 14.7. The predicted octanol–water partition coefficient (Wildman–Crippen LogP) is 6.49. The minimum absolute atomic E-state index is 0.0486. The van der Waals surface area contributed by atoms with Crippen molar-refractivity contribution in [1.82, 2.24) is 14.7 Å². The number of piperazine rings is 1. The molecular formula is C35H30F3N5O4. The van der Waals surface area contributed by atoms with Crippen LogP contribution < -0.4 is 15.0 Å². The van der Waals surface area contributed by atoms with Crippen LogP contribution in [0.15, 0.2) is 103 Å². The van der Waals surface area contributed by atoms with Crippen LogP contribution in [0.5, 0.6) is 11.5 Å². The molecule has 2 N–H and O–H groups in total. The number of anilines is 2. The number of ether oxygens (including phenoxy) is 1. The molecule has 1 aliphatic rings. The molecule has 1 saturated heterocycles. The molecular weight excluding hydrogens is 611 g/mol. The van der Waals surface area contributed by atoms with Gasteiger partial charge in [-0.1, -0.05) is 12.1 Å². The summed E-state index contributed by atoms with van der Waals surface area (Å²) < 4.78 is 48.2. The van der Waals surface area contributed by atoms with E-state index in [-0.39, 0.29) is 22.9 Å². The number of halogens is 3. The Labute approximate surface area is 268 Å². The lowest BCUT2D eigenvalue weighted by Gasteiger charge is -2.36. The molecule has 0 atom stereocenters. The predicted molar refractivity (Wildman–Crippen MR) is 171 cm³/mol. The average Bonchev–Trinajstić information content (AvgIpc) is 3.59. The summed E-state index contributed by atoms with van der Waals surface area (Å²) in [6, 6.07) is 23.8. The van der Waals surface area contributed by atoms with E-state index in [2.05, 4.69) is 15.3 Å². The molecule has 6 rings (SSSR count).